The third-order valence-electron chi connectivity index (χ3n) is 8.92. The summed E-state index contributed by atoms with van der Waals surface area (Å²) in [6.07, 6.45) is 14.5. The van der Waals surface area contributed by atoms with Gasteiger partial charge in [-0.3, -0.25) is 14.9 Å². The van der Waals surface area contributed by atoms with Gasteiger partial charge in [0.25, 0.3) is 0 Å². The molecule has 7 heteroatoms. The van der Waals surface area contributed by atoms with Gasteiger partial charge >= 0.3 is 22.9 Å². The number of nitrogens with one attached hydrogen (secondary N) is 1. The first-order chi connectivity index (χ1) is 17.1. The molecule has 0 bridgehead atoms. The van der Waals surface area contributed by atoms with Gasteiger partial charge in [-0.1, -0.05) is 44.7 Å². The molecule has 4 fully saturated rings. The van der Waals surface area contributed by atoms with Crippen LogP contribution in [0.1, 0.15) is 94.6 Å². The van der Waals surface area contributed by atoms with Crippen molar-refractivity contribution < 1.29 is 32.5 Å². The number of amides is 2. The number of piperidine rings is 2. The average Bonchev–Trinajstić information content (AvgIpc) is 2.83. The maximum absolute atomic E-state index is 12.5. The van der Waals surface area contributed by atoms with Crippen LogP contribution >= 0.6 is 0 Å². The van der Waals surface area contributed by atoms with Gasteiger partial charge < -0.3 is 17.2 Å². The Morgan fingerprint density at radius 3 is 2.14 bits per heavy atom. The number of benzene rings is 1. The van der Waals surface area contributed by atoms with Crippen LogP contribution in [0.3, 0.4) is 0 Å². The fourth-order valence-electron chi connectivity index (χ4n) is 6.35. The van der Waals surface area contributed by atoms with Crippen molar-refractivity contribution in [1.29, 1.82) is 0 Å². The second-order valence-corrected chi connectivity index (χ2v) is 11.0. The number of fused-ring (bicyclic) bond motifs is 1. The average molecular weight is 672 g/mol. The topological polar surface area (TPSA) is 52.6 Å². The molecule has 6 rings (SSSR count). The molecule has 5 nitrogen and oxygen atoms in total. The normalized spacial score (nSPS) is 28.0. The minimum atomic E-state index is -0.205. The number of carbonyl (C=O) groups excluding carboxylic acids is 2. The van der Waals surface area contributed by atoms with Crippen LogP contribution in [0.4, 0.5) is 8.91 Å². The zero-order valence-corrected chi connectivity index (χ0v) is 24.8. The van der Waals surface area contributed by atoms with Gasteiger partial charge in [0.05, 0.1) is 0 Å². The summed E-state index contributed by atoms with van der Waals surface area (Å²) in [5, 5.41) is 2.54. The molecule has 202 valence electrons. The molecule has 3 aliphatic heterocycles. The third kappa shape index (κ3) is 6.58. The molecule has 2 saturated heterocycles. The Balaban J connectivity index is 0.000000463. The second kappa shape index (κ2) is 14.0. The van der Waals surface area contributed by atoms with E-state index in [0.717, 1.165) is 31.3 Å². The predicted molar refractivity (Wildman–Crippen MR) is 140 cm³/mol. The summed E-state index contributed by atoms with van der Waals surface area (Å²) in [6.45, 7) is 5.75. The SMILES string of the molecule is C1CCC1.CC1CCC1N1CCC(c2cccc3c2CCCN3C2CCC(=O)NC2=O)CC1.[CH3-].[F][Re]. The Morgan fingerprint density at radius 1 is 0.889 bits per heavy atom. The van der Waals surface area contributed by atoms with Crippen LogP contribution in [0.2, 0.25) is 0 Å². The molecule has 1 N–H and O–H groups in total. The molecule has 5 aliphatic rings. The molecule has 2 aliphatic carbocycles. The van der Waals surface area contributed by atoms with E-state index in [1.807, 2.05) is 0 Å². The van der Waals surface area contributed by atoms with E-state index in [2.05, 4.69) is 40.2 Å². The molecule has 3 heterocycles. The van der Waals surface area contributed by atoms with Gasteiger partial charge in [-0.2, -0.15) is 0 Å². The van der Waals surface area contributed by atoms with E-state index >= 15 is 0 Å². The van der Waals surface area contributed by atoms with Crippen molar-refractivity contribution in [3.05, 3.63) is 36.8 Å². The number of hydrogen-bond donors (Lipinski definition) is 1. The zero-order valence-electron chi connectivity index (χ0n) is 22.1. The summed E-state index contributed by atoms with van der Waals surface area (Å²) < 4.78 is 9.56. The Morgan fingerprint density at radius 2 is 1.58 bits per heavy atom. The van der Waals surface area contributed by atoms with Crippen LogP contribution in [0.5, 0.6) is 0 Å². The minimum absolute atomic E-state index is 0. The first kappa shape index (κ1) is 29.3. The summed E-state index contributed by atoms with van der Waals surface area (Å²) in [5.74, 6) is 1.25. The Hall–Kier alpha value is -1.29. The van der Waals surface area contributed by atoms with Crippen molar-refractivity contribution in [1.82, 2.24) is 10.2 Å². The fraction of sp³-hybridized carbons (Fsp3) is 0.690. The van der Waals surface area contributed by atoms with Gasteiger partial charge in [-0.05, 0) is 87.1 Å². The van der Waals surface area contributed by atoms with Gasteiger partial charge in [0.15, 0.2) is 0 Å². The van der Waals surface area contributed by atoms with Gasteiger partial charge in [0.1, 0.15) is 6.04 Å². The molecule has 1 aromatic carbocycles. The summed E-state index contributed by atoms with van der Waals surface area (Å²) in [7, 11) is 0. The van der Waals surface area contributed by atoms with Crippen molar-refractivity contribution in [3.63, 3.8) is 0 Å². The van der Waals surface area contributed by atoms with Gasteiger partial charge in [-0.15, -0.1) is 0 Å². The monoisotopic (exact) mass is 672 g/mol. The van der Waals surface area contributed by atoms with Crippen molar-refractivity contribution >= 4 is 17.5 Å². The Kier molecular flexibility index (Phi) is 11.4. The Labute approximate surface area is 229 Å². The molecular formula is C29H44FN3O2Re-. The van der Waals surface area contributed by atoms with Gasteiger partial charge in [0.2, 0.25) is 11.8 Å². The number of imide groups is 1. The molecule has 2 amide bonds. The first-order valence-corrected chi connectivity index (χ1v) is 14.7. The Bertz CT molecular complexity index is 866. The maximum atomic E-state index is 12.5. The quantitative estimate of drug-likeness (QED) is 0.334. The number of rotatable bonds is 3. The molecule has 1 aromatic rings. The molecule has 0 aromatic heterocycles. The van der Waals surface area contributed by atoms with E-state index in [0.29, 0.717) is 18.8 Å². The molecule has 0 spiro atoms. The second-order valence-electron chi connectivity index (χ2n) is 11.0. The number of carbonyl (C=O) groups is 2. The predicted octanol–water partition coefficient (Wildman–Crippen LogP) is 5.65. The standard InChI is InChI=1S/C24H33N3O2.C4H8.CH3.FH.Re/c1-16-7-8-20(16)26-14-11-17(12-15-26)18-4-2-6-21-19(18)5-3-13-27(21)22-9-10-23(28)25-24(22)29;1-2-4-3-1;;;/h2,4,6,16-17,20,22H,3,5,7-15H2,1H3,(H,25,28,29);1-4H2;1H3;1H;/q;;-1;;+1/p-1. The number of likely N-dealkylation sites (tertiary alicyclic amines) is 1. The van der Waals surface area contributed by atoms with Crippen molar-refractivity contribution in [2.45, 2.75) is 102 Å². The van der Waals surface area contributed by atoms with Crippen molar-refractivity contribution in [3.8, 4) is 0 Å². The van der Waals surface area contributed by atoms with Crippen LogP contribution in [0.25, 0.3) is 0 Å². The van der Waals surface area contributed by atoms with Gasteiger partial charge in [-0.25, -0.2) is 0 Å². The number of anilines is 1. The summed E-state index contributed by atoms with van der Waals surface area (Å²) >= 11 is 0.222. The van der Waals surface area contributed by atoms with E-state index in [-0.39, 0.29) is 45.0 Å². The van der Waals surface area contributed by atoms with E-state index in [1.54, 1.807) is 0 Å². The van der Waals surface area contributed by atoms with E-state index < -0.39 is 0 Å². The van der Waals surface area contributed by atoms with Crippen LogP contribution in [0, 0.1) is 13.3 Å². The number of nitrogens with zero attached hydrogens (tertiary/aromatic N) is 2. The van der Waals surface area contributed by atoms with E-state index in [4.69, 9.17) is 0 Å². The van der Waals surface area contributed by atoms with Crippen molar-refractivity contribution in [2.24, 2.45) is 5.92 Å². The van der Waals surface area contributed by atoms with Crippen LogP contribution in [-0.4, -0.2) is 48.4 Å². The van der Waals surface area contributed by atoms with E-state index in [9.17, 15) is 12.8 Å². The first-order valence-electron chi connectivity index (χ1n) is 13.7. The van der Waals surface area contributed by atoms with Crippen LogP contribution in [0.15, 0.2) is 18.2 Å². The van der Waals surface area contributed by atoms with Crippen LogP contribution in [-0.2, 0) is 35.7 Å². The molecular weight excluding hydrogens is 628 g/mol. The third-order valence-corrected chi connectivity index (χ3v) is 8.92. The number of hydrogen-bond acceptors (Lipinski definition) is 4. The zero-order chi connectivity index (χ0) is 24.8. The summed E-state index contributed by atoms with van der Waals surface area (Å²) in [5.41, 5.74) is 4.21. The van der Waals surface area contributed by atoms with E-state index in [1.165, 1.54) is 81.3 Å². The fourth-order valence-corrected chi connectivity index (χ4v) is 6.35. The molecule has 3 atom stereocenters. The summed E-state index contributed by atoms with van der Waals surface area (Å²) in [4.78, 5) is 29.1. The molecule has 36 heavy (non-hydrogen) atoms. The van der Waals surface area contributed by atoms with Crippen molar-refractivity contribution in [2.75, 3.05) is 24.5 Å². The van der Waals surface area contributed by atoms with Crippen LogP contribution < -0.4 is 10.2 Å². The van der Waals surface area contributed by atoms with Gasteiger partial charge in [0, 0.05) is 24.7 Å². The summed E-state index contributed by atoms with van der Waals surface area (Å²) in [6, 6.07) is 7.32. The molecule has 3 unspecified atom stereocenters. The molecule has 0 radical (unpaired) electrons. The number of halogens is 1. The molecule has 2 saturated carbocycles.